The van der Waals surface area contributed by atoms with E-state index >= 15 is 0 Å². The van der Waals surface area contributed by atoms with E-state index in [1.807, 2.05) is 30.3 Å². The third-order valence-corrected chi connectivity index (χ3v) is 3.37. The first-order valence-corrected chi connectivity index (χ1v) is 7.07. The van der Waals surface area contributed by atoms with Crippen molar-refractivity contribution in [2.45, 2.75) is 12.5 Å². The van der Waals surface area contributed by atoms with Crippen molar-refractivity contribution in [2.24, 2.45) is 11.6 Å². The van der Waals surface area contributed by atoms with Crippen molar-refractivity contribution in [3.63, 3.8) is 0 Å². The summed E-state index contributed by atoms with van der Waals surface area (Å²) in [6.07, 6.45) is 0.940. The molecule has 0 aliphatic carbocycles. The van der Waals surface area contributed by atoms with Crippen molar-refractivity contribution < 1.29 is 10.2 Å². The molecule has 0 saturated carbocycles. The van der Waals surface area contributed by atoms with E-state index in [-0.39, 0.29) is 12.2 Å². The normalized spacial score (nSPS) is 13.0. The van der Waals surface area contributed by atoms with Gasteiger partial charge in [-0.2, -0.15) is 0 Å². The van der Waals surface area contributed by atoms with E-state index in [1.165, 1.54) is 23.3 Å². The van der Waals surface area contributed by atoms with Gasteiger partial charge in [0.05, 0.1) is 6.10 Å². The van der Waals surface area contributed by atoms with E-state index in [2.05, 4.69) is 0 Å². The number of phenols is 1. The Kier molecular flexibility index (Phi) is 5.27. The number of nitrogens with two attached hydrogens (primary N) is 2. The van der Waals surface area contributed by atoms with E-state index < -0.39 is 6.10 Å². The number of aliphatic hydroxyl groups is 1. The first kappa shape index (κ1) is 16.2. The van der Waals surface area contributed by atoms with Gasteiger partial charge in [-0.15, -0.1) is 0 Å². The highest BCUT2D eigenvalue weighted by atomic mass is 35.5. The summed E-state index contributed by atoms with van der Waals surface area (Å²) in [5.74, 6) is 5.84. The van der Waals surface area contributed by atoms with Gasteiger partial charge in [0.25, 0.3) is 0 Å². The molecule has 0 bridgehead atoms. The smallest absolute Gasteiger partial charge is 0.140 e. The average molecular weight is 320 g/mol. The molecule has 0 amide bonds. The molecule has 0 spiro atoms. The van der Waals surface area contributed by atoms with Crippen molar-refractivity contribution in [2.75, 3.05) is 5.01 Å². The molecule has 0 aliphatic rings. The number of nitrogens with zero attached hydrogens (tertiary/aromatic N) is 1. The van der Waals surface area contributed by atoms with Gasteiger partial charge in [-0.05, 0) is 23.8 Å². The largest absolute Gasteiger partial charge is 0.506 e. The number of hydrazine groups is 1. The number of halogens is 1. The topological polar surface area (TPSA) is 95.7 Å². The van der Waals surface area contributed by atoms with Crippen LogP contribution in [0.3, 0.4) is 0 Å². The lowest BCUT2D eigenvalue weighted by atomic mass is 10.1. The Bertz CT molecular complexity index is 662. The maximum Gasteiger partial charge on any atom is 0.140 e. The number of anilines is 1. The first-order chi connectivity index (χ1) is 10.5. The molecule has 1 atom stereocenters. The van der Waals surface area contributed by atoms with Gasteiger partial charge < -0.3 is 15.9 Å². The molecule has 1 unspecified atom stereocenters. The third-order valence-electron chi connectivity index (χ3n) is 3.13. The van der Waals surface area contributed by atoms with Crippen molar-refractivity contribution >= 4 is 17.3 Å². The minimum Gasteiger partial charge on any atom is -0.506 e. The number of hydrogen-bond donors (Lipinski definition) is 4. The molecule has 2 aromatic rings. The number of aliphatic hydroxyl groups excluding tert-OH is 1. The molecule has 6 N–H and O–H groups in total. The van der Waals surface area contributed by atoms with Crippen LogP contribution in [0.15, 0.2) is 60.4 Å². The summed E-state index contributed by atoms with van der Waals surface area (Å²) in [5.41, 5.74) is 7.37. The lowest BCUT2D eigenvalue weighted by Gasteiger charge is -2.18. The molecular formula is C16H18ClN3O2. The summed E-state index contributed by atoms with van der Waals surface area (Å²) in [7, 11) is 0. The van der Waals surface area contributed by atoms with Crippen LogP contribution in [-0.2, 0) is 0 Å². The van der Waals surface area contributed by atoms with Crippen LogP contribution in [0.5, 0.6) is 5.75 Å². The van der Waals surface area contributed by atoms with Gasteiger partial charge in [-0.1, -0.05) is 41.9 Å². The summed E-state index contributed by atoms with van der Waals surface area (Å²) in [5, 5.41) is 21.5. The van der Waals surface area contributed by atoms with Crippen molar-refractivity contribution in [1.82, 2.24) is 0 Å². The molecule has 2 rings (SSSR count). The zero-order chi connectivity index (χ0) is 16.1. The zero-order valence-electron chi connectivity index (χ0n) is 11.9. The van der Waals surface area contributed by atoms with Gasteiger partial charge in [0.15, 0.2) is 0 Å². The fourth-order valence-corrected chi connectivity index (χ4v) is 2.19. The van der Waals surface area contributed by atoms with Gasteiger partial charge >= 0.3 is 0 Å². The molecule has 22 heavy (non-hydrogen) atoms. The van der Waals surface area contributed by atoms with Crippen LogP contribution >= 0.6 is 11.6 Å². The second kappa shape index (κ2) is 7.17. The van der Waals surface area contributed by atoms with Crippen molar-refractivity contribution in [1.29, 1.82) is 0 Å². The SMILES string of the molecule is N/C(=C\N(N)c1cc(Cl)ccc1O)CC(O)c1ccccc1. The monoisotopic (exact) mass is 319 g/mol. The van der Waals surface area contributed by atoms with Crippen molar-refractivity contribution in [3.8, 4) is 5.75 Å². The zero-order valence-corrected chi connectivity index (χ0v) is 12.6. The van der Waals surface area contributed by atoms with Gasteiger partial charge in [-0.25, -0.2) is 5.84 Å². The van der Waals surface area contributed by atoms with E-state index in [0.717, 1.165) is 5.56 Å². The fraction of sp³-hybridized carbons (Fsp3) is 0.125. The second-order valence-corrected chi connectivity index (χ2v) is 5.31. The average Bonchev–Trinajstić information content (AvgIpc) is 2.50. The van der Waals surface area contributed by atoms with Gasteiger partial charge in [0.1, 0.15) is 11.4 Å². The Hall–Kier alpha value is -2.21. The van der Waals surface area contributed by atoms with Crippen LogP contribution in [-0.4, -0.2) is 10.2 Å². The lowest BCUT2D eigenvalue weighted by Crippen LogP contribution is -2.26. The number of phenolic OH excluding ortho intramolecular Hbond substituents is 1. The molecule has 0 fully saturated rings. The molecule has 0 heterocycles. The van der Waals surface area contributed by atoms with E-state index in [4.69, 9.17) is 23.2 Å². The Morgan fingerprint density at radius 1 is 1.23 bits per heavy atom. The molecular weight excluding hydrogens is 302 g/mol. The van der Waals surface area contributed by atoms with Gasteiger partial charge in [0, 0.05) is 23.3 Å². The standard InChI is InChI=1S/C16H18ClN3O2/c17-12-6-7-15(21)14(8-12)20(19)10-13(18)9-16(22)11-4-2-1-3-5-11/h1-8,10,16,21-22H,9,18-19H2/b13-10-. The van der Waals surface area contributed by atoms with Crippen LogP contribution < -0.4 is 16.6 Å². The Balaban J connectivity index is 2.09. The summed E-state index contributed by atoms with van der Waals surface area (Å²) >= 11 is 5.88. The lowest BCUT2D eigenvalue weighted by molar-refractivity contribution is 0.178. The Morgan fingerprint density at radius 2 is 1.91 bits per heavy atom. The minimum atomic E-state index is -0.723. The van der Waals surface area contributed by atoms with E-state index in [9.17, 15) is 10.2 Å². The van der Waals surface area contributed by atoms with E-state index in [0.29, 0.717) is 16.4 Å². The number of hydrogen-bond acceptors (Lipinski definition) is 5. The number of benzene rings is 2. The summed E-state index contributed by atoms with van der Waals surface area (Å²) in [6, 6.07) is 13.7. The summed E-state index contributed by atoms with van der Waals surface area (Å²) in [6.45, 7) is 0. The summed E-state index contributed by atoms with van der Waals surface area (Å²) in [4.78, 5) is 0. The number of aromatic hydroxyl groups is 1. The highest BCUT2D eigenvalue weighted by molar-refractivity contribution is 6.30. The molecule has 0 saturated heterocycles. The highest BCUT2D eigenvalue weighted by Crippen LogP contribution is 2.29. The fourth-order valence-electron chi connectivity index (χ4n) is 2.02. The molecule has 6 heteroatoms. The predicted molar refractivity (Wildman–Crippen MR) is 88.1 cm³/mol. The van der Waals surface area contributed by atoms with Crippen LogP contribution in [0.4, 0.5) is 5.69 Å². The molecule has 116 valence electrons. The van der Waals surface area contributed by atoms with Crippen LogP contribution in [0.1, 0.15) is 18.1 Å². The van der Waals surface area contributed by atoms with Gasteiger partial charge in [0.2, 0.25) is 0 Å². The maximum atomic E-state index is 10.1. The quantitative estimate of drug-likeness (QED) is 0.502. The molecule has 0 aliphatic heterocycles. The Labute approximate surface area is 134 Å². The molecule has 0 radical (unpaired) electrons. The third kappa shape index (κ3) is 4.14. The van der Waals surface area contributed by atoms with Crippen LogP contribution in [0.2, 0.25) is 5.02 Å². The van der Waals surface area contributed by atoms with E-state index in [1.54, 1.807) is 6.07 Å². The number of rotatable bonds is 5. The maximum absolute atomic E-state index is 10.1. The molecule has 2 aromatic carbocycles. The predicted octanol–water partition coefficient (Wildman–Crippen LogP) is 2.65. The molecule has 0 aromatic heterocycles. The Morgan fingerprint density at radius 3 is 2.59 bits per heavy atom. The van der Waals surface area contributed by atoms with Crippen LogP contribution in [0.25, 0.3) is 0 Å². The van der Waals surface area contributed by atoms with Crippen molar-refractivity contribution in [3.05, 3.63) is 71.0 Å². The molecule has 5 nitrogen and oxygen atoms in total. The minimum absolute atomic E-state index is 0.0143. The highest BCUT2D eigenvalue weighted by Gasteiger charge is 2.11. The second-order valence-electron chi connectivity index (χ2n) is 4.87. The van der Waals surface area contributed by atoms with Gasteiger partial charge in [-0.3, -0.25) is 5.01 Å². The van der Waals surface area contributed by atoms with Crippen LogP contribution in [0, 0.1) is 0 Å². The first-order valence-electron chi connectivity index (χ1n) is 6.69. The summed E-state index contributed by atoms with van der Waals surface area (Å²) < 4.78 is 0.